The van der Waals surface area contributed by atoms with Crippen LogP contribution in [0.1, 0.15) is 22.0 Å². The Kier molecular flexibility index (Phi) is 6.55. The first kappa shape index (κ1) is 19.8. The van der Waals surface area contributed by atoms with Gasteiger partial charge in [0.2, 0.25) is 11.7 Å². The summed E-state index contributed by atoms with van der Waals surface area (Å²) >= 11 is 1.62. The van der Waals surface area contributed by atoms with E-state index >= 15 is 0 Å². The van der Waals surface area contributed by atoms with Crippen LogP contribution in [0, 0.1) is 0 Å². The molecule has 0 fully saturated rings. The first-order chi connectivity index (χ1) is 13.7. The third-order valence-electron chi connectivity index (χ3n) is 4.36. The van der Waals surface area contributed by atoms with E-state index in [0.717, 1.165) is 16.0 Å². The highest BCUT2D eigenvalue weighted by Gasteiger charge is 2.19. The second-order valence-corrected chi connectivity index (χ2v) is 7.12. The maximum Gasteiger partial charge on any atom is 0.225 e. The normalized spacial score (nSPS) is 11.5. The number of amides is 1. The van der Waals surface area contributed by atoms with Crippen molar-refractivity contribution in [2.45, 2.75) is 12.5 Å². The van der Waals surface area contributed by atoms with Crippen LogP contribution in [0.4, 0.5) is 0 Å². The van der Waals surface area contributed by atoms with Gasteiger partial charge in [0.15, 0.2) is 11.5 Å². The van der Waals surface area contributed by atoms with Crippen molar-refractivity contribution in [3.63, 3.8) is 0 Å². The highest BCUT2D eigenvalue weighted by molar-refractivity contribution is 7.10. The molecule has 146 valence electrons. The number of carbonyl (C=O) groups excluding carboxylic acids is 1. The summed E-state index contributed by atoms with van der Waals surface area (Å²) in [5.41, 5.74) is 1.83. The SMILES string of the molecule is COc1cc(CC(=O)NC(c2ccccc2)c2cccs2)cc(OC)c1OC. The number of hydrogen-bond donors (Lipinski definition) is 1. The van der Waals surface area contributed by atoms with Crippen LogP contribution in [0.15, 0.2) is 60.0 Å². The monoisotopic (exact) mass is 397 g/mol. The van der Waals surface area contributed by atoms with Crippen LogP contribution >= 0.6 is 11.3 Å². The Morgan fingerprint density at radius 3 is 2.18 bits per heavy atom. The van der Waals surface area contributed by atoms with E-state index in [-0.39, 0.29) is 18.4 Å². The molecule has 3 aromatic rings. The highest BCUT2D eigenvalue weighted by Crippen LogP contribution is 2.38. The first-order valence-electron chi connectivity index (χ1n) is 8.82. The average Bonchev–Trinajstić information content (AvgIpc) is 3.26. The molecule has 1 N–H and O–H groups in total. The zero-order valence-corrected chi connectivity index (χ0v) is 16.9. The lowest BCUT2D eigenvalue weighted by Gasteiger charge is -2.19. The maximum absolute atomic E-state index is 12.8. The number of benzene rings is 2. The van der Waals surface area contributed by atoms with Crippen molar-refractivity contribution < 1.29 is 19.0 Å². The molecule has 1 atom stereocenters. The van der Waals surface area contributed by atoms with Crippen molar-refractivity contribution in [1.82, 2.24) is 5.32 Å². The van der Waals surface area contributed by atoms with Gasteiger partial charge in [-0.25, -0.2) is 0 Å². The van der Waals surface area contributed by atoms with E-state index in [9.17, 15) is 4.79 Å². The molecule has 0 saturated carbocycles. The van der Waals surface area contributed by atoms with E-state index in [4.69, 9.17) is 14.2 Å². The topological polar surface area (TPSA) is 56.8 Å². The van der Waals surface area contributed by atoms with Crippen LogP contribution in [-0.2, 0) is 11.2 Å². The summed E-state index contributed by atoms with van der Waals surface area (Å²) in [6.45, 7) is 0. The standard InChI is InChI=1S/C22H23NO4S/c1-25-17-12-15(13-18(26-2)22(17)27-3)14-20(24)23-21(19-10-7-11-28-19)16-8-5-4-6-9-16/h4-13,21H,14H2,1-3H3,(H,23,24). The molecular formula is C22H23NO4S. The van der Waals surface area contributed by atoms with Crippen LogP contribution in [0.2, 0.25) is 0 Å². The molecule has 0 aliphatic heterocycles. The third kappa shape index (κ3) is 4.46. The van der Waals surface area contributed by atoms with Gasteiger partial charge in [-0.05, 0) is 34.7 Å². The minimum atomic E-state index is -0.185. The predicted octanol–water partition coefficient (Wildman–Crippen LogP) is 4.22. The molecule has 3 rings (SSSR count). The molecule has 28 heavy (non-hydrogen) atoms. The Bertz CT molecular complexity index is 885. The molecule has 0 aliphatic carbocycles. The fraction of sp³-hybridized carbons (Fsp3) is 0.227. The fourth-order valence-corrected chi connectivity index (χ4v) is 3.86. The van der Waals surface area contributed by atoms with Gasteiger partial charge in [-0.3, -0.25) is 4.79 Å². The second-order valence-electron chi connectivity index (χ2n) is 6.14. The predicted molar refractivity (Wildman–Crippen MR) is 111 cm³/mol. The van der Waals surface area contributed by atoms with E-state index < -0.39 is 0 Å². The van der Waals surface area contributed by atoms with Gasteiger partial charge in [-0.1, -0.05) is 36.4 Å². The Balaban J connectivity index is 1.82. The average molecular weight is 397 g/mol. The van der Waals surface area contributed by atoms with Crippen LogP contribution in [0.3, 0.4) is 0 Å². The fourth-order valence-electron chi connectivity index (χ4n) is 3.05. The van der Waals surface area contributed by atoms with Crippen LogP contribution < -0.4 is 19.5 Å². The summed E-state index contributed by atoms with van der Waals surface area (Å²) in [6.07, 6.45) is 0.200. The molecule has 0 aliphatic rings. The molecule has 1 aromatic heterocycles. The Morgan fingerprint density at radius 2 is 1.64 bits per heavy atom. The van der Waals surface area contributed by atoms with Crippen molar-refractivity contribution in [3.8, 4) is 17.2 Å². The van der Waals surface area contributed by atoms with Gasteiger partial charge in [-0.15, -0.1) is 11.3 Å². The van der Waals surface area contributed by atoms with E-state index in [0.29, 0.717) is 17.2 Å². The van der Waals surface area contributed by atoms with Gasteiger partial charge in [0.1, 0.15) is 0 Å². The lowest BCUT2D eigenvalue weighted by molar-refractivity contribution is -0.120. The van der Waals surface area contributed by atoms with Crippen LogP contribution in [-0.4, -0.2) is 27.2 Å². The number of carbonyl (C=O) groups is 1. The van der Waals surface area contributed by atoms with Gasteiger partial charge >= 0.3 is 0 Å². The van der Waals surface area contributed by atoms with Gasteiger partial charge in [-0.2, -0.15) is 0 Å². The molecule has 1 amide bonds. The molecule has 6 heteroatoms. The van der Waals surface area contributed by atoms with E-state index in [1.165, 1.54) is 0 Å². The van der Waals surface area contributed by atoms with Crippen molar-refractivity contribution in [3.05, 3.63) is 76.0 Å². The van der Waals surface area contributed by atoms with Crippen molar-refractivity contribution in [2.24, 2.45) is 0 Å². The number of methoxy groups -OCH3 is 3. The van der Waals surface area contributed by atoms with E-state index in [1.807, 2.05) is 47.8 Å². The van der Waals surface area contributed by atoms with Gasteiger partial charge in [0.05, 0.1) is 33.8 Å². The zero-order chi connectivity index (χ0) is 19.9. The minimum Gasteiger partial charge on any atom is -0.493 e. The van der Waals surface area contributed by atoms with Crippen molar-refractivity contribution in [2.75, 3.05) is 21.3 Å². The van der Waals surface area contributed by atoms with Gasteiger partial charge in [0, 0.05) is 4.88 Å². The van der Waals surface area contributed by atoms with E-state index in [2.05, 4.69) is 5.32 Å². The summed E-state index contributed by atoms with van der Waals surface area (Å²) in [6, 6.07) is 17.4. The molecule has 0 radical (unpaired) electrons. The number of hydrogen-bond acceptors (Lipinski definition) is 5. The smallest absolute Gasteiger partial charge is 0.225 e. The zero-order valence-electron chi connectivity index (χ0n) is 16.1. The highest BCUT2D eigenvalue weighted by atomic mass is 32.1. The van der Waals surface area contributed by atoms with Gasteiger partial charge < -0.3 is 19.5 Å². The lowest BCUT2D eigenvalue weighted by Crippen LogP contribution is -2.30. The quantitative estimate of drug-likeness (QED) is 0.618. The molecule has 2 aromatic carbocycles. The minimum absolute atomic E-state index is 0.0865. The van der Waals surface area contributed by atoms with Gasteiger partial charge in [0.25, 0.3) is 0 Å². The molecular weight excluding hydrogens is 374 g/mol. The Labute approximate surface area is 168 Å². The summed E-state index contributed by atoms with van der Waals surface area (Å²) < 4.78 is 16.1. The number of rotatable bonds is 8. The second kappa shape index (κ2) is 9.28. The molecule has 5 nitrogen and oxygen atoms in total. The van der Waals surface area contributed by atoms with Crippen molar-refractivity contribution >= 4 is 17.2 Å². The Morgan fingerprint density at radius 1 is 0.964 bits per heavy atom. The molecule has 1 unspecified atom stereocenters. The maximum atomic E-state index is 12.8. The summed E-state index contributed by atoms with van der Waals surface area (Å²) in [5, 5.41) is 5.16. The molecule has 0 spiro atoms. The van der Waals surface area contributed by atoms with Crippen LogP contribution in [0.25, 0.3) is 0 Å². The number of nitrogens with one attached hydrogen (secondary N) is 1. The largest absolute Gasteiger partial charge is 0.493 e. The van der Waals surface area contributed by atoms with Crippen molar-refractivity contribution in [1.29, 1.82) is 0 Å². The molecule has 0 saturated heterocycles. The lowest BCUT2D eigenvalue weighted by atomic mass is 10.0. The Hall–Kier alpha value is -2.99. The summed E-state index contributed by atoms with van der Waals surface area (Å²) in [4.78, 5) is 13.9. The first-order valence-corrected chi connectivity index (χ1v) is 9.70. The molecule has 0 bridgehead atoms. The molecule has 1 heterocycles. The number of thiophene rings is 1. The number of ether oxygens (including phenoxy) is 3. The van der Waals surface area contributed by atoms with Crippen LogP contribution in [0.5, 0.6) is 17.2 Å². The third-order valence-corrected chi connectivity index (χ3v) is 5.29. The van der Waals surface area contributed by atoms with E-state index in [1.54, 1.807) is 44.8 Å². The summed E-state index contributed by atoms with van der Waals surface area (Å²) in [7, 11) is 4.67. The summed E-state index contributed by atoms with van der Waals surface area (Å²) in [5.74, 6) is 1.48.